The van der Waals surface area contributed by atoms with Crippen molar-refractivity contribution in [3.63, 3.8) is 0 Å². The summed E-state index contributed by atoms with van der Waals surface area (Å²) in [7, 11) is 0. The van der Waals surface area contributed by atoms with E-state index in [9.17, 15) is 14.9 Å². The number of rotatable bonds is 4. The molecular formula is C20H27N5O2. The van der Waals surface area contributed by atoms with Crippen molar-refractivity contribution in [3.8, 4) is 6.07 Å². The van der Waals surface area contributed by atoms with Crippen molar-refractivity contribution in [1.82, 2.24) is 19.6 Å². The van der Waals surface area contributed by atoms with Crippen molar-refractivity contribution < 1.29 is 9.59 Å². The maximum Gasteiger partial charge on any atom is 0.243 e. The Hall–Kier alpha value is -2.36. The average Bonchev–Trinajstić information content (AvgIpc) is 3.40. The largest absolute Gasteiger partial charge is 0.337 e. The number of fused-ring (bicyclic) bond motifs is 1. The van der Waals surface area contributed by atoms with E-state index in [0.717, 1.165) is 42.8 Å². The van der Waals surface area contributed by atoms with Gasteiger partial charge in [-0.25, -0.2) is 0 Å². The number of nitrogens with zero attached hydrogens (tertiary/aromatic N) is 5. The molecule has 1 saturated carbocycles. The Balaban J connectivity index is 1.60. The van der Waals surface area contributed by atoms with Crippen molar-refractivity contribution >= 4 is 11.8 Å². The Bertz CT molecular complexity index is 813. The minimum atomic E-state index is -0.843. The fourth-order valence-corrected chi connectivity index (χ4v) is 4.74. The first-order valence-corrected chi connectivity index (χ1v) is 10.0. The van der Waals surface area contributed by atoms with Gasteiger partial charge in [0.1, 0.15) is 5.41 Å². The molecule has 7 nitrogen and oxygen atoms in total. The first-order chi connectivity index (χ1) is 12.9. The molecule has 144 valence electrons. The lowest BCUT2D eigenvalue weighted by Crippen LogP contribution is -2.39. The first kappa shape index (κ1) is 18.0. The van der Waals surface area contributed by atoms with Crippen LogP contribution in [0.3, 0.4) is 0 Å². The summed E-state index contributed by atoms with van der Waals surface area (Å²) in [5.74, 6) is 0.153. The molecule has 1 aromatic rings. The predicted octanol–water partition coefficient (Wildman–Crippen LogP) is 2.51. The zero-order valence-corrected chi connectivity index (χ0v) is 16.2. The Kier molecular flexibility index (Phi) is 4.45. The van der Waals surface area contributed by atoms with Crippen LogP contribution in [-0.2, 0) is 29.2 Å². The minimum Gasteiger partial charge on any atom is -0.337 e. The van der Waals surface area contributed by atoms with Crippen LogP contribution in [0.4, 0.5) is 0 Å². The number of carbonyl (C=O) groups is 2. The predicted molar refractivity (Wildman–Crippen MR) is 98.0 cm³/mol. The highest BCUT2D eigenvalue weighted by atomic mass is 16.2. The molecule has 0 bridgehead atoms. The van der Waals surface area contributed by atoms with Gasteiger partial charge in [-0.15, -0.1) is 0 Å². The molecule has 2 fully saturated rings. The van der Waals surface area contributed by atoms with Crippen LogP contribution in [0.5, 0.6) is 0 Å². The number of nitriles is 1. The Labute approximate surface area is 159 Å². The van der Waals surface area contributed by atoms with E-state index in [1.165, 1.54) is 0 Å². The molecular weight excluding hydrogens is 342 g/mol. The second-order valence-electron chi connectivity index (χ2n) is 8.39. The van der Waals surface area contributed by atoms with E-state index in [-0.39, 0.29) is 17.9 Å². The van der Waals surface area contributed by atoms with Crippen LogP contribution in [-0.4, -0.2) is 37.9 Å². The van der Waals surface area contributed by atoms with Gasteiger partial charge >= 0.3 is 0 Å². The first-order valence-electron chi connectivity index (χ1n) is 10.0. The van der Waals surface area contributed by atoms with Crippen LogP contribution in [0.15, 0.2) is 0 Å². The van der Waals surface area contributed by atoms with Crippen molar-refractivity contribution in [3.05, 3.63) is 17.0 Å². The number of amides is 2. The van der Waals surface area contributed by atoms with Crippen molar-refractivity contribution in [2.45, 2.75) is 78.0 Å². The van der Waals surface area contributed by atoms with E-state index >= 15 is 0 Å². The summed E-state index contributed by atoms with van der Waals surface area (Å²) >= 11 is 0. The highest BCUT2D eigenvalue weighted by Crippen LogP contribution is 2.41. The van der Waals surface area contributed by atoms with Crippen molar-refractivity contribution in [1.29, 1.82) is 5.26 Å². The SMILES string of the molecule is CC(C)n1nc(CN2CCCC2=O)c2c1CN(C(=O)C1(C#N)CCCC1)C2. The number of hydrogen-bond acceptors (Lipinski definition) is 4. The molecule has 0 aromatic carbocycles. The molecule has 3 heterocycles. The Morgan fingerprint density at radius 2 is 2.00 bits per heavy atom. The zero-order chi connectivity index (χ0) is 19.2. The van der Waals surface area contributed by atoms with Gasteiger partial charge in [-0.05, 0) is 33.1 Å². The molecule has 2 amide bonds. The van der Waals surface area contributed by atoms with Crippen molar-refractivity contribution in [2.24, 2.45) is 5.41 Å². The summed E-state index contributed by atoms with van der Waals surface area (Å²) < 4.78 is 1.99. The highest BCUT2D eigenvalue weighted by Gasteiger charge is 2.46. The third-order valence-corrected chi connectivity index (χ3v) is 6.26. The van der Waals surface area contributed by atoms with Crippen molar-refractivity contribution in [2.75, 3.05) is 6.54 Å². The zero-order valence-electron chi connectivity index (χ0n) is 16.2. The molecule has 2 aliphatic heterocycles. The van der Waals surface area contributed by atoms with E-state index in [0.29, 0.717) is 38.9 Å². The molecule has 7 heteroatoms. The van der Waals surface area contributed by atoms with Gasteiger partial charge in [0.25, 0.3) is 0 Å². The highest BCUT2D eigenvalue weighted by molar-refractivity contribution is 5.86. The Morgan fingerprint density at radius 3 is 2.59 bits per heavy atom. The summed E-state index contributed by atoms with van der Waals surface area (Å²) in [6.07, 6.45) is 4.75. The monoisotopic (exact) mass is 369 g/mol. The summed E-state index contributed by atoms with van der Waals surface area (Å²) in [6, 6.07) is 2.51. The summed E-state index contributed by atoms with van der Waals surface area (Å²) in [5.41, 5.74) is 2.19. The lowest BCUT2D eigenvalue weighted by Gasteiger charge is -2.26. The van der Waals surface area contributed by atoms with Crippen LogP contribution >= 0.6 is 0 Å². The second kappa shape index (κ2) is 6.66. The van der Waals surface area contributed by atoms with E-state index in [1.807, 2.05) is 14.5 Å². The molecule has 0 N–H and O–H groups in total. The average molecular weight is 369 g/mol. The number of aromatic nitrogens is 2. The molecule has 1 saturated heterocycles. The topological polar surface area (TPSA) is 82.2 Å². The Morgan fingerprint density at radius 1 is 1.26 bits per heavy atom. The van der Waals surface area contributed by atoms with Crippen LogP contribution in [0, 0.1) is 16.7 Å². The molecule has 27 heavy (non-hydrogen) atoms. The lowest BCUT2D eigenvalue weighted by molar-refractivity contribution is -0.139. The molecule has 3 aliphatic rings. The molecule has 4 rings (SSSR count). The quantitative estimate of drug-likeness (QED) is 0.816. The van der Waals surface area contributed by atoms with E-state index in [2.05, 4.69) is 19.9 Å². The minimum absolute atomic E-state index is 0.0304. The summed E-state index contributed by atoms with van der Waals surface area (Å²) in [4.78, 5) is 28.9. The molecule has 0 radical (unpaired) electrons. The molecule has 0 unspecified atom stereocenters. The fraction of sp³-hybridized carbons (Fsp3) is 0.700. The maximum atomic E-state index is 13.2. The van der Waals surface area contributed by atoms with Gasteiger partial charge < -0.3 is 9.80 Å². The van der Waals surface area contributed by atoms with Gasteiger partial charge in [-0.3, -0.25) is 14.3 Å². The third-order valence-electron chi connectivity index (χ3n) is 6.26. The van der Waals surface area contributed by atoms with E-state index in [4.69, 9.17) is 5.10 Å². The van der Waals surface area contributed by atoms with Gasteiger partial charge in [-0.2, -0.15) is 10.4 Å². The fourth-order valence-electron chi connectivity index (χ4n) is 4.74. The molecule has 0 spiro atoms. The molecule has 1 aliphatic carbocycles. The molecule has 1 aromatic heterocycles. The second-order valence-corrected chi connectivity index (χ2v) is 8.39. The van der Waals surface area contributed by atoms with Gasteiger partial charge in [0, 0.05) is 31.1 Å². The normalized spacial score (nSPS) is 21.2. The van der Waals surface area contributed by atoms with Gasteiger partial charge in [0.05, 0.1) is 30.5 Å². The lowest BCUT2D eigenvalue weighted by atomic mass is 9.86. The number of carbonyl (C=O) groups excluding carboxylic acids is 2. The number of hydrogen-bond donors (Lipinski definition) is 0. The van der Waals surface area contributed by atoms with E-state index in [1.54, 1.807) is 0 Å². The van der Waals surface area contributed by atoms with Gasteiger partial charge in [0.15, 0.2) is 0 Å². The number of likely N-dealkylation sites (tertiary alicyclic amines) is 1. The van der Waals surface area contributed by atoms with Crippen LogP contribution in [0.25, 0.3) is 0 Å². The van der Waals surface area contributed by atoms with Gasteiger partial charge in [0.2, 0.25) is 11.8 Å². The third kappa shape index (κ3) is 2.91. The standard InChI is InChI=1S/C20H27N5O2/c1-14(2)25-17-12-24(19(27)20(13-21)7-3-4-8-20)10-15(17)16(22-25)11-23-9-5-6-18(23)26/h14H,3-12H2,1-2H3. The van der Waals surface area contributed by atoms with Crippen LogP contribution in [0.1, 0.15) is 75.4 Å². The van der Waals surface area contributed by atoms with E-state index < -0.39 is 5.41 Å². The summed E-state index contributed by atoms with van der Waals surface area (Å²) in [5, 5.41) is 14.4. The van der Waals surface area contributed by atoms with Crippen LogP contribution < -0.4 is 0 Å². The maximum absolute atomic E-state index is 13.2. The molecule has 0 atom stereocenters. The summed E-state index contributed by atoms with van der Waals surface area (Å²) in [6.45, 7) is 6.47. The smallest absolute Gasteiger partial charge is 0.243 e. The van der Waals surface area contributed by atoms with Gasteiger partial charge in [-0.1, -0.05) is 12.8 Å². The van der Waals surface area contributed by atoms with Crippen LogP contribution in [0.2, 0.25) is 0 Å².